The third kappa shape index (κ3) is 4.82. The van der Waals surface area contributed by atoms with Gasteiger partial charge < -0.3 is 15.7 Å². The van der Waals surface area contributed by atoms with Crippen LogP contribution in [0.15, 0.2) is 35.7 Å². The van der Waals surface area contributed by atoms with E-state index in [0.717, 1.165) is 55.4 Å². The third-order valence-corrected chi connectivity index (χ3v) is 4.68. The first-order valence-electron chi connectivity index (χ1n) is 9.34. The van der Waals surface area contributed by atoms with Gasteiger partial charge in [-0.05, 0) is 51.2 Å². The van der Waals surface area contributed by atoms with Gasteiger partial charge in [0.05, 0.1) is 12.6 Å². The van der Waals surface area contributed by atoms with Gasteiger partial charge in [-0.2, -0.15) is 0 Å². The number of hydrogen-bond acceptors (Lipinski definition) is 4. The number of guanidine groups is 1. The first kappa shape index (κ1) is 18.4. The Morgan fingerprint density at radius 2 is 2.08 bits per heavy atom. The summed E-state index contributed by atoms with van der Waals surface area (Å²) >= 11 is 0. The number of aliphatic imine (C=N–C) groups is 1. The van der Waals surface area contributed by atoms with Gasteiger partial charge in [0.1, 0.15) is 11.6 Å². The summed E-state index contributed by atoms with van der Waals surface area (Å²) in [6.45, 7) is 5.41. The van der Waals surface area contributed by atoms with Crippen LogP contribution < -0.4 is 10.6 Å². The van der Waals surface area contributed by atoms with E-state index in [1.165, 1.54) is 0 Å². The largest absolute Gasteiger partial charge is 0.393 e. The number of imidazole rings is 1. The topological polar surface area (TPSA) is 87.4 Å². The van der Waals surface area contributed by atoms with Crippen LogP contribution in [0.4, 0.5) is 0 Å². The highest BCUT2D eigenvalue weighted by Gasteiger charge is 2.19. The lowest BCUT2D eigenvalue weighted by molar-refractivity contribution is 0.120. The van der Waals surface area contributed by atoms with E-state index in [4.69, 9.17) is 0 Å². The van der Waals surface area contributed by atoms with E-state index in [1.807, 2.05) is 36.0 Å². The van der Waals surface area contributed by atoms with Gasteiger partial charge in [-0.3, -0.25) is 4.57 Å². The second kappa shape index (κ2) is 8.80. The molecule has 0 unspecified atom stereocenters. The van der Waals surface area contributed by atoms with Crippen LogP contribution in [0.1, 0.15) is 44.0 Å². The van der Waals surface area contributed by atoms with Gasteiger partial charge in [-0.15, -0.1) is 0 Å². The van der Waals surface area contributed by atoms with Crippen molar-refractivity contribution < 1.29 is 5.11 Å². The molecule has 2 aromatic rings. The van der Waals surface area contributed by atoms with Gasteiger partial charge in [0.15, 0.2) is 5.96 Å². The Morgan fingerprint density at radius 1 is 1.27 bits per heavy atom. The Labute approximate surface area is 154 Å². The Balaban J connectivity index is 1.61. The van der Waals surface area contributed by atoms with E-state index in [-0.39, 0.29) is 6.10 Å². The maximum Gasteiger partial charge on any atom is 0.191 e. The summed E-state index contributed by atoms with van der Waals surface area (Å²) in [7, 11) is 0. The number of aryl methyl sites for hydroxylation is 1. The predicted molar refractivity (Wildman–Crippen MR) is 102 cm³/mol. The first-order valence-corrected chi connectivity index (χ1v) is 9.34. The standard InChI is InChI=1S/C19H28N6O/c1-3-20-19(24-16-5-7-17(26)8-6-16)23-13-15-4-9-18(22-12-15)25-11-10-21-14(25)2/h4,9-12,16-17,26H,3,5-8,13H2,1-2H3,(H2,20,23,24). The molecule has 2 aromatic heterocycles. The molecule has 26 heavy (non-hydrogen) atoms. The van der Waals surface area contributed by atoms with Gasteiger partial charge in [-0.25, -0.2) is 15.0 Å². The predicted octanol–water partition coefficient (Wildman–Crippen LogP) is 1.93. The van der Waals surface area contributed by atoms with Crippen LogP contribution in [-0.2, 0) is 6.54 Å². The Hall–Kier alpha value is -2.41. The van der Waals surface area contributed by atoms with Crippen LogP contribution in [0.3, 0.4) is 0 Å². The lowest BCUT2D eigenvalue weighted by Gasteiger charge is -2.27. The minimum absolute atomic E-state index is 0.142. The molecule has 0 amide bonds. The number of hydrogen-bond donors (Lipinski definition) is 3. The Morgan fingerprint density at radius 3 is 2.69 bits per heavy atom. The zero-order valence-electron chi connectivity index (χ0n) is 15.5. The van der Waals surface area contributed by atoms with Gasteiger partial charge >= 0.3 is 0 Å². The first-order chi connectivity index (χ1) is 12.7. The number of nitrogens with one attached hydrogen (secondary N) is 2. The Kier molecular flexibility index (Phi) is 6.22. The highest BCUT2D eigenvalue weighted by Crippen LogP contribution is 2.18. The molecule has 7 heteroatoms. The molecule has 0 aromatic carbocycles. The van der Waals surface area contributed by atoms with Crippen molar-refractivity contribution in [3.05, 3.63) is 42.1 Å². The molecule has 1 aliphatic carbocycles. The van der Waals surface area contributed by atoms with E-state index in [1.54, 1.807) is 6.20 Å². The molecular weight excluding hydrogens is 328 g/mol. The van der Waals surface area contributed by atoms with Crippen molar-refractivity contribution in [2.45, 2.75) is 58.2 Å². The van der Waals surface area contributed by atoms with Crippen LogP contribution >= 0.6 is 0 Å². The fourth-order valence-corrected chi connectivity index (χ4v) is 3.18. The maximum absolute atomic E-state index is 9.64. The summed E-state index contributed by atoms with van der Waals surface area (Å²) < 4.78 is 1.95. The minimum atomic E-state index is -0.142. The maximum atomic E-state index is 9.64. The highest BCUT2D eigenvalue weighted by molar-refractivity contribution is 5.80. The van der Waals surface area contributed by atoms with E-state index >= 15 is 0 Å². The van der Waals surface area contributed by atoms with Gasteiger partial charge in [0.25, 0.3) is 0 Å². The van der Waals surface area contributed by atoms with Crippen molar-refractivity contribution in [1.82, 2.24) is 25.2 Å². The summed E-state index contributed by atoms with van der Waals surface area (Å²) in [5.74, 6) is 2.60. The van der Waals surface area contributed by atoms with E-state index in [9.17, 15) is 5.11 Å². The molecule has 0 spiro atoms. The summed E-state index contributed by atoms with van der Waals surface area (Å²) in [6.07, 6.45) is 9.07. The fourth-order valence-electron chi connectivity index (χ4n) is 3.18. The molecule has 3 N–H and O–H groups in total. The van der Waals surface area contributed by atoms with Gasteiger partial charge in [0, 0.05) is 31.2 Å². The van der Waals surface area contributed by atoms with Crippen molar-refractivity contribution in [2.75, 3.05) is 6.54 Å². The van der Waals surface area contributed by atoms with Crippen molar-refractivity contribution in [1.29, 1.82) is 0 Å². The second-order valence-electron chi connectivity index (χ2n) is 6.71. The SMILES string of the molecule is CCNC(=NCc1ccc(-n2ccnc2C)nc1)NC1CCC(O)CC1. The molecule has 0 bridgehead atoms. The zero-order chi connectivity index (χ0) is 18.4. The lowest BCUT2D eigenvalue weighted by Crippen LogP contribution is -2.45. The van der Waals surface area contributed by atoms with Gasteiger partial charge in [-0.1, -0.05) is 6.07 Å². The van der Waals surface area contributed by atoms with Crippen molar-refractivity contribution in [3.63, 3.8) is 0 Å². The van der Waals surface area contributed by atoms with Crippen LogP contribution in [0.2, 0.25) is 0 Å². The lowest BCUT2D eigenvalue weighted by atomic mass is 9.93. The van der Waals surface area contributed by atoms with E-state index < -0.39 is 0 Å². The molecular formula is C19H28N6O. The number of rotatable bonds is 5. The molecule has 1 fully saturated rings. The molecule has 0 atom stereocenters. The molecule has 0 radical (unpaired) electrons. The zero-order valence-corrected chi connectivity index (χ0v) is 15.5. The highest BCUT2D eigenvalue weighted by atomic mass is 16.3. The van der Waals surface area contributed by atoms with Crippen molar-refractivity contribution in [3.8, 4) is 5.82 Å². The molecule has 1 saturated carbocycles. The van der Waals surface area contributed by atoms with E-state index in [0.29, 0.717) is 12.6 Å². The smallest absolute Gasteiger partial charge is 0.191 e. The Bertz CT molecular complexity index is 716. The minimum Gasteiger partial charge on any atom is -0.393 e. The number of aromatic nitrogens is 3. The average molecular weight is 356 g/mol. The monoisotopic (exact) mass is 356 g/mol. The number of pyridine rings is 1. The molecule has 7 nitrogen and oxygen atoms in total. The van der Waals surface area contributed by atoms with Crippen molar-refractivity contribution >= 4 is 5.96 Å². The van der Waals surface area contributed by atoms with Crippen molar-refractivity contribution in [2.24, 2.45) is 4.99 Å². The molecule has 140 valence electrons. The molecule has 3 rings (SSSR count). The fraction of sp³-hybridized carbons (Fsp3) is 0.526. The molecule has 1 aliphatic rings. The summed E-state index contributed by atoms with van der Waals surface area (Å²) in [4.78, 5) is 13.4. The number of aliphatic hydroxyl groups excluding tert-OH is 1. The molecule has 2 heterocycles. The number of aliphatic hydroxyl groups is 1. The van der Waals surface area contributed by atoms with Crippen LogP contribution in [0.25, 0.3) is 5.82 Å². The summed E-state index contributed by atoms with van der Waals surface area (Å²) in [5.41, 5.74) is 1.06. The normalized spacial score (nSPS) is 20.8. The van der Waals surface area contributed by atoms with Gasteiger partial charge in [0.2, 0.25) is 0 Å². The van der Waals surface area contributed by atoms with Crippen LogP contribution in [-0.4, -0.2) is 44.3 Å². The van der Waals surface area contributed by atoms with Crippen LogP contribution in [0, 0.1) is 6.92 Å². The number of nitrogens with zero attached hydrogens (tertiary/aromatic N) is 4. The third-order valence-electron chi connectivity index (χ3n) is 4.68. The quantitative estimate of drug-likeness (QED) is 0.563. The average Bonchev–Trinajstić information content (AvgIpc) is 3.08. The summed E-state index contributed by atoms with van der Waals surface area (Å²) in [5, 5.41) is 16.4. The van der Waals surface area contributed by atoms with Crippen LogP contribution in [0.5, 0.6) is 0 Å². The second-order valence-corrected chi connectivity index (χ2v) is 6.71. The molecule has 0 saturated heterocycles. The molecule has 0 aliphatic heterocycles. The van der Waals surface area contributed by atoms with E-state index in [2.05, 4.69) is 32.5 Å². The summed E-state index contributed by atoms with van der Waals surface area (Å²) in [6, 6.07) is 4.41.